The lowest BCUT2D eigenvalue weighted by Crippen LogP contribution is -2.52. The molecule has 2 aliphatic rings. The van der Waals surface area contributed by atoms with Gasteiger partial charge in [0.25, 0.3) is 0 Å². The molecule has 0 N–H and O–H groups in total. The molecule has 1 saturated heterocycles. The molecule has 1 saturated carbocycles. The minimum absolute atomic E-state index is 0.131. The molecule has 0 aromatic rings. The first-order valence-electron chi connectivity index (χ1n) is 9.08. The summed E-state index contributed by atoms with van der Waals surface area (Å²) in [4.78, 5) is 27.6. The number of rotatable bonds is 2. The molecule has 0 aromatic carbocycles. The first kappa shape index (κ1) is 18.9. The fourth-order valence-electron chi connectivity index (χ4n) is 3.28. The predicted octanol–water partition coefficient (Wildman–Crippen LogP) is 3.65. The van der Waals surface area contributed by atoms with E-state index in [1.165, 1.54) is 19.3 Å². The molecular weight excluding hydrogens is 308 g/mol. The maximum Gasteiger partial charge on any atom is 0.410 e. The Morgan fingerprint density at radius 2 is 1.42 bits per heavy atom. The van der Waals surface area contributed by atoms with Crippen LogP contribution in [0.25, 0.3) is 0 Å². The average molecular weight is 340 g/mol. The molecule has 0 spiro atoms. The number of hydrogen-bond acceptors (Lipinski definition) is 4. The van der Waals surface area contributed by atoms with Crippen LogP contribution in [-0.4, -0.2) is 60.4 Å². The highest BCUT2D eigenvalue weighted by molar-refractivity contribution is 5.70. The van der Waals surface area contributed by atoms with Gasteiger partial charge in [-0.25, -0.2) is 9.59 Å². The largest absolute Gasteiger partial charge is 0.449 e. The summed E-state index contributed by atoms with van der Waals surface area (Å²) in [6.07, 6.45) is 5.43. The lowest BCUT2D eigenvalue weighted by Gasteiger charge is -2.36. The Kier molecular flexibility index (Phi) is 5.99. The lowest BCUT2D eigenvalue weighted by molar-refractivity contribution is 0.00787. The van der Waals surface area contributed by atoms with Crippen LogP contribution in [-0.2, 0) is 9.47 Å². The monoisotopic (exact) mass is 340 g/mol. The molecule has 138 valence electrons. The molecule has 0 atom stereocenters. The fraction of sp³-hybridized carbons (Fsp3) is 0.889. The van der Waals surface area contributed by atoms with Crippen LogP contribution in [0.2, 0.25) is 0 Å². The van der Waals surface area contributed by atoms with Crippen LogP contribution in [0.4, 0.5) is 9.59 Å². The topological polar surface area (TPSA) is 59.1 Å². The van der Waals surface area contributed by atoms with Crippen molar-refractivity contribution < 1.29 is 19.1 Å². The fourth-order valence-corrected chi connectivity index (χ4v) is 3.28. The van der Waals surface area contributed by atoms with Crippen LogP contribution in [0, 0.1) is 5.41 Å². The van der Waals surface area contributed by atoms with Gasteiger partial charge in [-0.15, -0.1) is 0 Å². The van der Waals surface area contributed by atoms with Gasteiger partial charge in [-0.1, -0.05) is 26.2 Å². The van der Waals surface area contributed by atoms with Gasteiger partial charge in [0, 0.05) is 31.6 Å². The van der Waals surface area contributed by atoms with Gasteiger partial charge in [-0.05, 0) is 33.6 Å². The smallest absolute Gasteiger partial charge is 0.410 e. The van der Waals surface area contributed by atoms with Gasteiger partial charge >= 0.3 is 12.2 Å². The highest BCUT2D eigenvalue weighted by Crippen LogP contribution is 2.35. The van der Waals surface area contributed by atoms with Gasteiger partial charge < -0.3 is 19.3 Å². The van der Waals surface area contributed by atoms with Crippen LogP contribution in [0.1, 0.15) is 59.8 Å². The first-order chi connectivity index (χ1) is 11.2. The van der Waals surface area contributed by atoms with E-state index in [9.17, 15) is 9.59 Å². The summed E-state index contributed by atoms with van der Waals surface area (Å²) in [5.74, 6) is 0. The zero-order chi connectivity index (χ0) is 17.8. The van der Waals surface area contributed by atoms with E-state index in [4.69, 9.17) is 9.47 Å². The van der Waals surface area contributed by atoms with E-state index in [0.29, 0.717) is 32.8 Å². The van der Waals surface area contributed by atoms with Crippen molar-refractivity contribution in [2.24, 2.45) is 5.41 Å². The second-order valence-corrected chi connectivity index (χ2v) is 8.38. The second-order valence-electron chi connectivity index (χ2n) is 8.38. The maximum atomic E-state index is 12.3. The Bertz CT molecular complexity index is 444. The number of amides is 2. The number of piperazine rings is 1. The molecule has 2 amide bonds. The second kappa shape index (κ2) is 7.62. The van der Waals surface area contributed by atoms with Crippen molar-refractivity contribution in [3.8, 4) is 0 Å². The quantitative estimate of drug-likeness (QED) is 0.770. The van der Waals surface area contributed by atoms with E-state index in [1.54, 1.807) is 9.80 Å². The minimum Gasteiger partial charge on any atom is -0.449 e. The molecule has 1 heterocycles. The Morgan fingerprint density at radius 3 is 1.92 bits per heavy atom. The molecule has 0 unspecified atom stereocenters. The van der Waals surface area contributed by atoms with Gasteiger partial charge in [0.2, 0.25) is 0 Å². The number of hydrogen-bond donors (Lipinski definition) is 0. The van der Waals surface area contributed by atoms with Crippen LogP contribution in [0.15, 0.2) is 0 Å². The van der Waals surface area contributed by atoms with Crippen molar-refractivity contribution in [2.75, 3.05) is 32.8 Å². The van der Waals surface area contributed by atoms with E-state index in [-0.39, 0.29) is 17.6 Å². The summed E-state index contributed by atoms with van der Waals surface area (Å²) in [6.45, 7) is 10.2. The molecule has 2 fully saturated rings. The van der Waals surface area contributed by atoms with Crippen molar-refractivity contribution in [1.82, 2.24) is 9.80 Å². The predicted molar refractivity (Wildman–Crippen MR) is 91.9 cm³/mol. The normalized spacial score (nSPS) is 21.3. The number of ether oxygens (including phenoxy) is 2. The Balaban J connectivity index is 1.73. The maximum absolute atomic E-state index is 12.3. The van der Waals surface area contributed by atoms with Gasteiger partial charge in [-0.2, -0.15) is 0 Å². The van der Waals surface area contributed by atoms with E-state index in [2.05, 4.69) is 6.92 Å². The lowest BCUT2D eigenvalue weighted by atomic mass is 9.76. The third-order valence-electron chi connectivity index (χ3n) is 4.79. The highest BCUT2D eigenvalue weighted by Gasteiger charge is 2.31. The third kappa shape index (κ3) is 5.56. The molecule has 2 rings (SSSR count). The van der Waals surface area contributed by atoms with Gasteiger partial charge in [0.05, 0.1) is 6.61 Å². The van der Waals surface area contributed by atoms with Crippen LogP contribution in [0.5, 0.6) is 0 Å². The Hall–Kier alpha value is -1.46. The molecule has 0 radical (unpaired) electrons. The van der Waals surface area contributed by atoms with Crippen LogP contribution in [0.3, 0.4) is 0 Å². The number of carbonyl (C=O) groups is 2. The molecule has 1 aliphatic heterocycles. The van der Waals surface area contributed by atoms with Crippen molar-refractivity contribution in [2.45, 2.75) is 65.4 Å². The molecule has 0 bridgehead atoms. The molecule has 6 nitrogen and oxygen atoms in total. The zero-order valence-corrected chi connectivity index (χ0v) is 15.6. The van der Waals surface area contributed by atoms with Crippen molar-refractivity contribution >= 4 is 12.2 Å². The van der Waals surface area contributed by atoms with Crippen molar-refractivity contribution in [3.63, 3.8) is 0 Å². The van der Waals surface area contributed by atoms with Crippen molar-refractivity contribution in [1.29, 1.82) is 0 Å². The summed E-state index contributed by atoms with van der Waals surface area (Å²) >= 11 is 0. The molecule has 0 aromatic heterocycles. The molecule has 24 heavy (non-hydrogen) atoms. The SMILES string of the molecule is CC1(COC(=O)N2CCN(C(=O)OC(C)(C)C)CC2)CCCCC1. The summed E-state index contributed by atoms with van der Waals surface area (Å²) in [5.41, 5.74) is -0.366. The van der Waals surface area contributed by atoms with Gasteiger partial charge in [0.1, 0.15) is 5.60 Å². The standard InChI is InChI=1S/C18H32N2O4/c1-17(2,3)24-16(22)20-12-10-19(11-13-20)15(21)23-14-18(4)8-6-5-7-9-18/h5-14H2,1-4H3. The van der Waals surface area contributed by atoms with E-state index >= 15 is 0 Å². The number of carbonyl (C=O) groups excluding carboxylic acids is 2. The Morgan fingerprint density at radius 1 is 0.917 bits per heavy atom. The van der Waals surface area contributed by atoms with Gasteiger partial charge in [0.15, 0.2) is 0 Å². The first-order valence-corrected chi connectivity index (χ1v) is 9.08. The van der Waals surface area contributed by atoms with E-state index < -0.39 is 5.60 Å². The van der Waals surface area contributed by atoms with Crippen molar-refractivity contribution in [3.05, 3.63) is 0 Å². The van der Waals surface area contributed by atoms with E-state index in [0.717, 1.165) is 12.8 Å². The number of nitrogens with zero attached hydrogens (tertiary/aromatic N) is 2. The highest BCUT2D eigenvalue weighted by atomic mass is 16.6. The average Bonchev–Trinajstić information content (AvgIpc) is 2.52. The molecule has 6 heteroatoms. The van der Waals surface area contributed by atoms with E-state index in [1.807, 2.05) is 20.8 Å². The summed E-state index contributed by atoms with van der Waals surface area (Å²) in [5, 5.41) is 0. The van der Waals surface area contributed by atoms with Gasteiger partial charge in [-0.3, -0.25) is 0 Å². The molecule has 1 aliphatic carbocycles. The zero-order valence-electron chi connectivity index (χ0n) is 15.6. The summed E-state index contributed by atoms with van der Waals surface area (Å²) in [7, 11) is 0. The summed E-state index contributed by atoms with van der Waals surface area (Å²) in [6, 6.07) is 0. The summed E-state index contributed by atoms with van der Waals surface area (Å²) < 4.78 is 10.9. The molecular formula is C18H32N2O4. The minimum atomic E-state index is -0.497. The van der Waals surface area contributed by atoms with Crippen LogP contribution >= 0.6 is 0 Å². The third-order valence-corrected chi connectivity index (χ3v) is 4.79. The Labute approximate surface area is 145 Å². The van der Waals surface area contributed by atoms with Crippen LogP contribution < -0.4 is 0 Å².